The van der Waals surface area contributed by atoms with Gasteiger partial charge in [-0.1, -0.05) is 11.6 Å². The third-order valence-corrected chi connectivity index (χ3v) is 4.89. The molecule has 0 saturated carbocycles. The molecule has 0 aliphatic heterocycles. The highest BCUT2D eigenvalue weighted by Crippen LogP contribution is 2.34. The second-order valence-electron chi connectivity index (χ2n) is 4.85. The second kappa shape index (κ2) is 4.68. The molecule has 0 aliphatic carbocycles. The highest BCUT2D eigenvalue weighted by atomic mass is 35.5. The van der Waals surface area contributed by atoms with E-state index in [0.717, 1.165) is 21.8 Å². The number of hydrogen-bond acceptors (Lipinski definition) is 3. The van der Waals surface area contributed by atoms with Crippen LogP contribution < -0.4 is 0 Å². The summed E-state index contributed by atoms with van der Waals surface area (Å²) in [6.07, 6.45) is 0.463. The molecule has 2 aromatic rings. The minimum atomic E-state index is -0.915. The van der Waals surface area contributed by atoms with Crippen LogP contribution in [0.5, 0.6) is 0 Å². The number of thiophene rings is 1. The van der Waals surface area contributed by atoms with E-state index in [0.29, 0.717) is 11.4 Å². The molecule has 18 heavy (non-hydrogen) atoms. The zero-order valence-corrected chi connectivity index (χ0v) is 12.6. The van der Waals surface area contributed by atoms with Crippen molar-refractivity contribution in [2.75, 3.05) is 0 Å². The van der Waals surface area contributed by atoms with Gasteiger partial charge in [-0.2, -0.15) is 5.10 Å². The van der Waals surface area contributed by atoms with Crippen molar-refractivity contribution in [1.29, 1.82) is 0 Å². The van der Waals surface area contributed by atoms with Gasteiger partial charge in [0.15, 0.2) is 0 Å². The van der Waals surface area contributed by atoms with Crippen LogP contribution in [0.1, 0.15) is 28.8 Å². The van der Waals surface area contributed by atoms with Crippen LogP contribution in [-0.2, 0) is 19.1 Å². The fraction of sp³-hybridized carbons (Fsp3) is 0.462. The third-order valence-electron chi connectivity index (χ3n) is 3.12. The maximum absolute atomic E-state index is 10.7. The van der Waals surface area contributed by atoms with Crippen molar-refractivity contribution in [1.82, 2.24) is 9.78 Å². The van der Waals surface area contributed by atoms with E-state index in [1.807, 2.05) is 39.3 Å². The second-order valence-corrected chi connectivity index (χ2v) is 6.15. The summed E-state index contributed by atoms with van der Waals surface area (Å²) in [7, 11) is 1.85. The van der Waals surface area contributed by atoms with Crippen molar-refractivity contribution >= 4 is 22.9 Å². The van der Waals surface area contributed by atoms with Gasteiger partial charge in [-0.15, -0.1) is 11.3 Å². The van der Waals surface area contributed by atoms with E-state index >= 15 is 0 Å². The van der Waals surface area contributed by atoms with E-state index in [-0.39, 0.29) is 0 Å². The highest BCUT2D eigenvalue weighted by Gasteiger charge is 2.29. The van der Waals surface area contributed by atoms with Gasteiger partial charge in [0.05, 0.1) is 16.4 Å². The zero-order valence-electron chi connectivity index (χ0n) is 11.0. The van der Waals surface area contributed by atoms with Crippen molar-refractivity contribution in [2.45, 2.75) is 32.8 Å². The molecule has 3 nitrogen and oxygen atoms in total. The lowest BCUT2D eigenvalue weighted by Gasteiger charge is -2.23. The number of halogens is 1. The highest BCUT2D eigenvalue weighted by molar-refractivity contribution is 7.10. The first-order chi connectivity index (χ1) is 8.33. The van der Waals surface area contributed by atoms with Crippen LogP contribution >= 0.6 is 22.9 Å². The maximum atomic E-state index is 10.7. The molecule has 0 saturated heterocycles. The monoisotopic (exact) mass is 284 g/mol. The number of nitrogens with zero attached hydrogens (tertiary/aromatic N) is 2. The molecule has 0 bridgehead atoms. The van der Waals surface area contributed by atoms with Crippen molar-refractivity contribution in [3.63, 3.8) is 0 Å². The van der Waals surface area contributed by atoms with Gasteiger partial charge in [-0.25, -0.2) is 0 Å². The average Bonchev–Trinajstić information content (AvgIpc) is 2.79. The molecule has 0 aromatic carbocycles. The topological polar surface area (TPSA) is 38.1 Å². The predicted molar refractivity (Wildman–Crippen MR) is 75.3 cm³/mol. The van der Waals surface area contributed by atoms with Crippen molar-refractivity contribution < 1.29 is 5.11 Å². The molecule has 0 spiro atoms. The van der Waals surface area contributed by atoms with Gasteiger partial charge >= 0.3 is 0 Å². The van der Waals surface area contributed by atoms with Crippen LogP contribution in [0.4, 0.5) is 0 Å². The molecular weight excluding hydrogens is 268 g/mol. The minimum absolute atomic E-state index is 0.463. The summed E-state index contributed by atoms with van der Waals surface area (Å²) in [5.74, 6) is 0. The normalized spacial score (nSPS) is 14.8. The van der Waals surface area contributed by atoms with Crippen molar-refractivity contribution in [3.05, 3.63) is 38.3 Å². The smallest absolute Gasteiger partial charge is 0.102 e. The lowest BCUT2D eigenvalue weighted by molar-refractivity contribution is 0.0589. The van der Waals surface area contributed by atoms with E-state index in [1.165, 1.54) is 0 Å². The summed E-state index contributed by atoms with van der Waals surface area (Å²) in [5, 5.41) is 17.6. The summed E-state index contributed by atoms with van der Waals surface area (Å²) in [5.41, 5.74) is 1.86. The van der Waals surface area contributed by atoms with Gasteiger partial charge in [-0.05, 0) is 37.8 Å². The summed E-state index contributed by atoms with van der Waals surface area (Å²) < 4.78 is 1.75. The molecule has 98 valence electrons. The Morgan fingerprint density at radius 1 is 1.50 bits per heavy atom. The number of aliphatic hydroxyl groups is 1. The van der Waals surface area contributed by atoms with E-state index in [2.05, 4.69) is 5.10 Å². The van der Waals surface area contributed by atoms with E-state index in [9.17, 15) is 5.11 Å². The number of rotatable bonds is 3. The molecule has 1 atom stereocenters. The van der Waals surface area contributed by atoms with Gasteiger partial charge in [0.25, 0.3) is 0 Å². The summed E-state index contributed by atoms with van der Waals surface area (Å²) >= 11 is 7.80. The Morgan fingerprint density at radius 2 is 2.17 bits per heavy atom. The largest absolute Gasteiger partial charge is 0.384 e. The van der Waals surface area contributed by atoms with Gasteiger partial charge in [-0.3, -0.25) is 4.68 Å². The molecule has 5 heteroatoms. The summed E-state index contributed by atoms with van der Waals surface area (Å²) in [6, 6.07) is 2.02. The lowest BCUT2D eigenvalue weighted by Crippen LogP contribution is -2.25. The minimum Gasteiger partial charge on any atom is -0.384 e. The SMILES string of the molecule is Cc1ccsc1C(C)(O)Cc1c(Cl)c(C)nn1C. The number of aryl methyl sites for hydroxylation is 3. The van der Waals surface area contributed by atoms with Gasteiger partial charge in [0.2, 0.25) is 0 Å². The molecule has 2 rings (SSSR count). The van der Waals surface area contributed by atoms with Gasteiger partial charge < -0.3 is 5.11 Å². The fourth-order valence-corrected chi connectivity index (χ4v) is 3.42. The molecule has 0 amide bonds. The Balaban J connectivity index is 2.36. The van der Waals surface area contributed by atoms with Crippen LogP contribution in [0.3, 0.4) is 0 Å². The molecule has 2 aromatic heterocycles. The number of aromatic nitrogens is 2. The van der Waals surface area contributed by atoms with Crippen molar-refractivity contribution in [2.24, 2.45) is 7.05 Å². The first-order valence-electron chi connectivity index (χ1n) is 5.78. The first kappa shape index (κ1) is 13.6. The Bertz CT molecular complexity index is 572. The van der Waals surface area contributed by atoms with E-state index in [1.54, 1.807) is 16.0 Å². The van der Waals surface area contributed by atoms with Crippen LogP contribution in [0.2, 0.25) is 5.02 Å². The molecule has 0 aliphatic rings. The number of hydrogen-bond donors (Lipinski definition) is 1. The summed E-state index contributed by atoms with van der Waals surface area (Å²) in [6.45, 7) is 5.71. The standard InChI is InChI=1S/C13H17ClN2OS/c1-8-5-6-18-12(8)13(3,17)7-10-11(14)9(2)15-16(10)4/h5-6,17H,7H2,1-4H3. The molecule has 1 N–H and O–H groups in total. The van der Waals surface area contributed by atoms with E-state index < -0.39 is 5.60 Å². The molecule has 1 unspecified atom stereocenters. The van der Waals surface area contributed by atoms with E-state index in [4.69, 9.17) is 11.6 Å². The van der Waals surface area contributed by atoms with Crippen molar-refractivity contribution in [3.8, 4) is 0 Å². The Labute approximate surface area is 116 Å². The Kier molecular flexibility index (Phi) is 3.54. The molecular formula is C13H17ClN2OS. The molecule has 0 fully saturated rings. The zero-order chi connectivity index (χ0) is 13.5. The molecule has 2 heterocycles. The van der Waals surface area contributed by atoms with Crippen LogP contribution in [-0.4, -0.2) is 14.9 Å². The average molecular weight is 285 g/mol. The Morgan fingerprint density at radius 3 is 2.61 bits per heavy atom. The maximum Gasteiger partial charge on any atom is 0.102 e. The third kappa shape index (κ3) is 2.32. The predicted octanol–water partition coefficient (Wildman–Crippen LogP) is 3.20. The lowest BCUT2D eigenvalue weighted by atomic mass is 9.95. The van der Waals surface area contributed by atoms with Crippen LogP contribution in [0, 0.1) is 13.8 Å². The van der Waals surface area contributed by atoms with Crippen LogP contribution in [0.25, 0.3) is 0 Å². The fourth-order valence-electron chi connectivity index (χ4n) is 2.20. The first-order valence-corrected chi connectivity index (χ1v) is 7.03. The van der Waals surface area contributed by atoms with Gasteiger partial charge in [0.1, 0.15) is 5.60 Å². The molecule has 0 radical (unpaired) electrons. The van der Waals surface area contributed by atoms with Gasteiger partial charge in [0, 0.05) is 18.3 Å². The summed E-state index contributed by atoms with van der Waals surface area (Å²) in [4.78, 5) is 0.984. The Hall–Kier alpha value is -0.840. The van der Waals surface area contributed by atoms with Crippen LogP contribution in [0.15, 0.2) is 11.4 Å². The quantitative estimate of drug-likeness (QED) is 0.940.